The van der Waals surface area contributed by atoms with Crippen molar-refractivity contribution in [3.63, 3.8) is 0 Å². The fourth-order valence-electron chi connectivity index (χ4n) is 2.70. The maximum absolute atomic E-state index is 6.28. The summed E-state index contributed by atoms with van der Waals surface area (Å²) in [6, 6.07) is 5.00. The molecule has 0 saturated carbocycles. The standard InChI is InChI=1S/C16H30N2S/c1-6-14(7-2)11-18(8-3)16(13(5)17)15-10-9-12(4)19-15/h9-10,13-14,16H,6-8,11,17H2,1-5H3. The molecule has 1 rings (SSSR count). The molecule has 110 valence electrons. The van der Waals surface area contributed by atoms with Crippen LogP contribution in [0.2, 0.25) is 0 Å². The molecule has 0 radical (unpaired) electrons. The van der Waals surface area contributed by atoms with E-state index < -0.39 is 0 Å². The van der Waals surface area contributed by atoms with Crippen LogP contribution in [0.25, 0.3) is 0 Å². The Labute approximate surface area is 123 Å². The lowest BCUT2D eigenvalue weighted by Crippen LogP contribution is -2.41. The predicted molar refractivity (Wildman–Crippen MR) is 86.8 cm³/mol. The Morgan fingerprint density at radius 2 is 1.84 bits per heavy atom. The van der Waals surface area contributed by atoms with Gasteiger partial charge in [0, 0.05) is 22.3 Å². The topological polar surface area (TPSA) is 29.3 Å². The summed E-state index contributed by atoms with van der Waals surface area (Å²) in [7, 11) is 0. The molecule has 0 amide bonds. The highest BCUT2D eigenvalue weighted by atomic mass is 32.1. The third-order valence-corrected chi connectivity index (χ3v) is 5.07. The molecule has 2 N–H and O–H groups in total. The van der Waals surface area contributed by atoms with Crippen molar-refractivity contribution in [1.29, 1.82) is 0 Å². The Bertz CT molecular complexity index is 355. The van der Waals surface area contributed by atoms with Crippen LogP contribution in [0.4, 0.5) is 0 Å². The van der Waals surface area contributed by atoms with Crippen molar-refractivity contribution in [3.05, 3.63) is 21.9 Å². The van der Waals surface area contributed by atoms with Crippen LogP contribution in [0.15, 0.2) is 12.1 Å². The molecule has 1 aromatic heterocycles. The fourth-order valence-corrected chi connectivity index (χ4v) is 3.83. The second kappa shape index (κ2) is 8.03. The number of likely N-dealkylation sites (N-methyl/N-ethyl adjacent to an activating group) is 1. The summed E-state index contributed by atoms with van der Waals surface area (Å²) in [6.07, 6.45) is 2.50. The van der Waals surface area contributed by atoms with Crippen molar-refractivity contribution in [3.8, 4) is 0 Å². The van der Waals surface area contributed by atoms with Gasteiger partial charge in [-0.05, 0) is 38.4 Å². The number of rotatable bonds is 8. The molecule has 1 aromatic rings. The molecular formula is C16H30N2S. The normalized spacial score (nSPS) is 15.2. The molecule has 0 bridgehead atoms. The van der Waals surface area contributed by atoms with Gasteiger partial charge in [0.1, 0.15) is 0 Å². The second-order valence-electron chi connectivity index (χ2n) is 5.52. The molecule has 2 atom stereocenters. The molecule has 0 saturated heterocycles. The van der Waals surface area contributed by atoms with Crippen LogP contribution >= 0.6 is 11.3 Å². The van der Waals surface area contributed by atoms with Gasteiger partial charge in [0.25, 0.3) is 0 Å². The van der Waals surface area contributed by atoms with E-state index in [4.69, 9.17) is 5.73 Å². The fraction of sp³-hybridized carbons (Fsp3) is 0.750. The third kappa shape index (κ3) is 4.59. The largest absolute Gasteiger partial charge is 0.326 e. The van der Waals surface area contributed by atoms with E-state index in [-0.39, 0.29) is 6.04 Å². The Hall–Kier alpha value is -0.380. The second-order valence-corrected chi connectivity index (χ2v) is 6.84. The van der Waals surface area contributed by atoms with Gasteiger partial charge in [-0.25, -0.2) is 0 Å². The molecule has 0 fully saturated rings. The molecule has 0 spiro atoms. The molecule has 0 aliphatic carbocycles. The van der Waals surface area contributed by atoms with Crippen molar-refractivity contribution < 1.29 is 0 Å². The van der Waals surface area contributed by atoms with E-state index in [2.05, 4.69) is 51.7 Å². The van der Waals surface area contributed by atoms with Gasteiger partial charge >= 0.3 is 0 Å². The highest BCUT2D eigenvalue weighted by Gasteiger charge is 2.25. The molecule has 19 heavy (non-hydrogen) atoms. The maximum Gasteiger partial charge on any atom is 0.0590 e. The van der Waals surface area contributed by atoms with Crippen molar-refractivity contribution in [2.24, 2.45) is 11.7 Å². The van der Waals surface area contributed by atoms with E-state index >= 15 is 0 Å². The molecule has 0 aliphatic heterocycles. The highest BCUT2D eigenvalue weighted by Crippen LogP contribution is 2.30. The lowest BCUT2D eigenvalue weighted by molar-refractivity contribution is 0.156. The van der Waals surface area contributed by atoms with Gasteiger partial charge in [-0.2, -0.15) is 0 Å². The molecule has 2 nitrogen and oxygen atoms in total. The minimum atomic E-state index is 0.173. The molecule has 0 aliphatic rings. The highest BCUT2D eigenvalue weighted by molar-refractivity contribution is 7.12. The van der Waals surface area contributed by atoms with Gasteiger partial charge in [-0.3, -0.25) is 4.90 Å². The summed E-state index contributed by atoms with van der Waals surface area (Å²) in [5, 5.41) is 0. The van der Waals surface area contributed by atoms with Crippen LogP contribution in [0.5, 0.6) is 0 Å². The Balaban J connectivity index is 2.89. The first-order valence-electron chi connectivity index (χ1n) is 7.59. The first-order chi connectivity index (χ1) is 9.03. The average Bonchev–Trinajstić information content (AvgIpc) is 2.80. The zero-order chi connectivity index (χ0) is 14.4. The number of aryl methyl sites for hydroxylation is 1. The van der Waals surface area contributed by atoms with Gasteiger partial charge in [0.15, 0.2) is 0 Å². The predicted octanol–water partition coefficient (Wildman–Crippen LogP) is 4.20. The smallest absolute Gasteiger partial charge is 0.0590 e. The Morgan fingerprint density at radius 3 is 2.21 bits per heavy atom. The van der Waals surface area contributed by atoms with Crippen LogP contribution in [-0.4, -0.2) is 24.0 Å². The lowest BCUT2D eigenvalue weighted by Gasteiger charge is -2.35. The van der Waals surface area contributed by atoms with Gasteiger partial charge in [0.05, 0.1) is 6.04 Å². The number of nitrogens with zero attached hydrogens (tertiary/aromatic N) is 1. The van der Waals surface area contributed by atoms with Gasteiger partial charge in [0.2, 0.25) is 0 Å². The summed E-state index contributed by atoms with van der Waals surface area (Å²) in [5.74, 6) is 0.780. The van der Waals surface area contributed by atoms with Crippen molar-refractivity contribution in [2.75, 3.05) is 13.1 Å². The summed E-state index contributed by atoms with van der Waals surface area (Å²) in [4.78, 5) is 5.35. The van der Waals surface area contributed by atoms with Crippen LogP contribution in [0, 0.1) is 12.8 Å². The van der Waals surface area contributed by atoms with E-state index in [0.29, 0.717) is 6.04 Å². The van der Waals surface area contributed by atoms with Gasteiger partial charge < -0.3 is 5.73 Å². The van der Waals surface area contributed by atoms with Crippen LogP contribution in [-0.2, 0) is 0 Å². The maximum atomic E-state index is 6.28. The summed E-state index contributed by atoms with van der Waals surface area (Å²) in [6.45, 7) is 13.4. The SMILES string of the molecule is CCC(CC)CN(CC)C(c1ccc(C)s1)C(C)N. The third-order valence-electron chi connectivity index (χ3n) is 4.00. The van der Waals surface area contributed by atoms with Crippen molar-refractivity contribution in [2.45, 2.75) is 59.5 Å². The number of nitrogens with two attached hydrogens (primary N) is 1. The Kier molecular flexibility index (Phi) is 7.05. The van der Waals surface area contributed by atoms with E-state index in [1.165, 1.54) is 22.6 Å². The van der Waals surface area contributed by atoms with Crippen LogP contribution in [0.3, 0.4) is 0 Å². The molecule has 2 unspecified atom stereocenters. The monoisotopic (exact) mass is 282 g/mol. The minimum absolute atomic E-state index is 0.173. The zero-order valence-electron chi connectivity index (χ0n) is 13.1. The van der Waals surface area contributed by atoms with Crippen LogP contribution in [0.1, 0.15) is 56.3 Å². The molecular weight excluding hydrogens is 252 g/mol. The van der Waals surface area contributed by atoms with E-state index in [1.54, 1.807) is 0 Å². The van der Waals surface area contributed by atoms with E-state index in [0.717, 1.165) is 19.0 Å². The van der Waals surface area contributed by atoms with Crippen molar-refractivity contribution in [1.82, 2.24) is 4.90 Å². The van der Waals surface area contributed by atoms with Gasteiger partial charge in [-0.15, -0.1) is 11.3 Å². The van der Waals surface area contributed by atoms with E-state index in [9.17, 15) is 0 Å². The Morgan fingerprint density at radius 1 is 1.21 bits per heavy atom. The number of hydrogen-bond donors (Lipinski definition) is 1. The number of thiophene rings is 1. The number of hydrogen-bond acceptors (Lipinski definition) is 3. The van der Waals surface area contributed by atoms with Crippen LogP contribution < -0.4 is 5.73 Å². The van der Waals surface area contributed by atoms with E-state index in [1.807, 2.05) is 11.3 Å². The van der Waals surface area contributed by atoms with Gasteiger partial charge in [-0.1, -0.05) is 33.6 Å². The molecule has 3 heteroatoms. The summed E-state index contributed by atoms with van der Waals surface area (Å²) >= 11 is 1.89. The average molecular weight is 282 g/mol. The first kappa shape index (κ1) is 16.7. The first-order valence-corrected chi connectivity index (χ1v) is 8.40. The van der Waals surface area contributed by atoms with Crippen molar-refractivity contribution >= 4 is 11.3 Å². The summed E-state index contributed by atoms with van der Waals surface area (Å²) < 4.78 is 0. The quantitative estimate of drug-likeness (QED) is 0.774. The lowest BCUT2D eigenvalue weighted by atomic mass is 9.99. The zero-order valence-corrected chi connectivity index (χ0v) is 14.0. The molecule has 1 heterocycles. The molecule has 0 aromatic carbocycles. The minimum Gasteiger partial charge on any atom is -0.326 e. The summed E-state index contributed by atoms with van der Waals surface area (Å²) in [5.41, 5.74) is 6.28.